The molecule has 0 N–H and O–H groups in total. The van der Waals surface area contributed by atoms with E-state index in [0.717, 1.165) is 44.0 Å². The van der Waals surface area contributed by atoms with Crippen LogP contribution in [0.4, 0.5) is 0 Å². The zero-order chi connectivity index (χ0) is 20.1. The second-order valence-electron chi connectivity index (χ2n) is 7.57. The highest BCUT2D eigenvalue weighted by molar-refractivity contribution is 5.76. The van der Waals surface area contributed by atoms with Gasteiger partial charge in [-0.2, -0.15) is 0 Å². The summed E-state index contributed by atoms with van der Waals surface area (Å²) in [6.45, 7) is 6.50. The van der Waals surface area contributed by atoms with Gasteiger partial charge >= 0.3 is 0 Å². The van der Waals surface area contributed by atoms with Crippen molar-refractivity contribution in [3.8, 4) is 11.3 Å². The second-order valence-corrected chi connectivity index (χ2v) is 7.57. The molecular formula is C24H27N3O2. The van der Waals surface area contributed by atoms with Crippen LogP contribution in [0.3, 0.4) is 0 Å². The van der Waals surface area contributed by atoms with Crippen molar-refractivity contribution in [1.29, 1.82) is 0 Å². The second kappa shape index (κ2) is 9.05. The van der Waals surface area contributed by atoms with Gasteiger partial charge in [0.2, 0.25) is 5.91 Å². The lowest BCUT2D eigenvalue weighted by atomic mass is 10.1. The number of rotatable bonds is 6. The minimum atomic E-state index is 0.181. The third-order valence-corrected chi connectivity index (χ3v) is 5.54. The first-order valence-corrected chi connectivity index (χ1v) is 10.2. The van der Waals surface area contributed by atoms with Gasteiger partial charge in [0.15, 0.2) is 11.7 Å². The maximum atomic E-state index is 12.6. The largest absolute Gasteiger partial charge is 0.441 e. The van der Waals surface area contributed by atoms with Gasteiger partial charge in [-0.25, -0.2) is 4.98 Å². The fourth-order valence-electron chi connectivity index (χ4n) is 3.72. The van der Waals surface area contributed by atoms with Gasteiger partial charge in [0.25, 0.3) is 0 Å². The molecule has 1 saturated heterocycles. The number of oxazole rings is 1. The summed E-state index contributed by atoms with van der Waals surface area (Å²) in [5, 5.41) is 0. The Kier molecular flexibility index (Phi) is 6.06. The lowest BCUT2D eigenvalue weighted by molar-refractivity contribution is -0.133. The average Bonchev–Trinajstić information content (AvgIpc) is 3.24. The van der Waals surface area contributed by atoms with Gasteiger partial charge < -0.3 is 9.32 Å². The van der Waals surface area contributed by atoms with Crippen LogP contribution in [0.2, 0.25) is 0 Å². The SMILES string of the molecule is Cc1ccccc1CN1CCN(C(=O)CCc2ncc(-c3ccccc3)o2)CC1. The van der Waals surface area contributed by atoms with Crippen LogP contribution in [-0.2, 0) is 17.8 Å². The van der Waals surface area contributed by atoms with Gasteiger partial charge in [0.05, 0.1) is 6.20 Å². The van der Waals surface area contributed by atoms with Crippen LogP contribution in [0.15, 0.2) is 65.2 Å². The van der Waals surface area contributed by atoms with Crippen LogP contribution in [0.25, 0.3) is 11.3 Å². The molecule has 1 amide bonds. The Bertz CT molecular complexity index is 944. The van der Waals surface area contributed by atoms with E-state index in [-0.39, 0.29) is 5.91 Å². The van der Waals surface area contributed by atoms with Gasteiger partial charge in [-0.15, -0.1) is 0 Å². The Morgan fingerprint density at radius 2 is 1.72 bits per heavy atom. The van der Waals surface area contributed by atoms with Gasteiger partial charge in [-0.1, -0.05) is 54.6 Å². The van der Waals surface area contributed by atoms with Gasteiger partial charge in [-0.3, -0.25) is 9.69 Å². The number of nitrogens with zero attached hydrogens (tertiary/aromatic N) is 3. The van der Waals surface area contributed by atoms with Gasteiger partial charge in [0.1, 0.15) is 0 Å². The number of hydrogen-bond donors (Lipinski definition) is 0. The highest BCUT2D eigenvalue weighted by Crippen LogP contribution is 2.20. The van der Waals surface area contributed by atoms with Crippen LogP contribution < -0.4 is 0 Å². The molecule has 5 heteroatoms. The van der Waals surface area contributed by atoms with Crippen molar-refractivity contribution in [2.75, 3.05) is 26.2 Å². The summed E-state index contributed by atoms with van der Waals surface area (Å²) in [6.07, 6.45) is 2.71. The quantitative estimate of drug-likeness (QED) is 0.641. The smallest absolute Gasteiger partial charge is 0.223 e. The molecule has 1 aliphatic rings. The summed E-state index contributed by atoms with van der Waals surface area (Å²) in [6, 6.07) is 18.4. The van der Waals surface area contributed by atoms with Crippen LogP contribution >= 0.6 is 0 Å². The summed E-state index contributed by atoms with van der Waals surface area (Å²) >= 11 is 0. The summed E-state index contributed by atoms with van der Waals surface area (Å²) < 4.78 is 5.81. The highest BCUT2D eigenvalue weighted by atomic mass is 16.4. The number of carbonyl (C=O) groups is 1. The number of hydrogen-bond acceptors (Lipinski definition) is 4. The molecule has 150 valence electrons. The van der Waals surface area contributed by atoms with Crippen molar-refractivity contribution in [1.82, 2.24) is 14.8 Å². The van der Waals surface area contributed by atoms with Crippen LogP contribution in [0.1, 0.15) is 23.4 Å². The number of aryl methyl sites for hydroxylation is 2. The zero-order valence-electron chi connectivity index (χ0n) is 16.9. The first-order chi connectivity index (χ1) is 14.2. The highest BCUT2D eigenvalue weighted by Gasteiger charge is 2.21. The molecule has 0 atom stereocenters. The molecule has 1 fully saturated rings. The lowest BCUT2D eigenvalue weighted by Gasteiger charge is -2.35. The minimum Gasteiger partial charge on any atom is -0.441 e. The van der Waals surface area contributed by atoms with E-state index in [9.17, 15) is 4.79 Å². The third-order valence-electron chi connectivity index (χ3n) is 5.54. The van der Waals surface area contributed by atoms with Crippen molar-refractivity contribution < 1.29 is 9.21 Å². The molecule has 0 radical (unpaired) electrons. The van der Waals surface area contributed by atoms with E-state index in [1.165, 1.54) is 11.1 Å². The number of amides is 1. The molecule has 2 aromatic carbocycles. The molecule has 3 aromatic rings. The number of carbonyl (C=O) groups excluding carboxylic acids is 1. The average molecular weight is 389 g/mol. The number of benzene rings is 2. The molecule has 5 nitrogen and oxygen atoms in total. The predicted molar refractivity (Wildman–Crippen MR) is 113 cm³/mol. The standard InChI is InChI=1S/C24H27N3O2/c1-19-7-5-6-10-21(19)18-26-13-15-27(16-14-26)24(28)12-11-23-25-17-22(29-23)20-8-3-2-4-9-20/h2-10,17H,11-16,18H2,1H3. The van der Waals surface area contributed by atoms with Crippen LogP contribution in [-0.4, -0.2) is 46.9 Å². The van der Waals surface area contributed by atoms with Crippen molar-refractivity contribution in [2.45, 2.75) is 26.3 Å². The van der Waals surface area contributed by atoms with E-state index in [0.29, 0.717) is 18.7 Å². The van der Waals surface area contributed by atoms with E-state index in [1.54, 1.807) is 6.20 Å². The molecule has 0 bridgehead atoms. The minimum absolute atomic E-state index is 0.181. The Hall–Kier alpha value is -2.92. The van der Waals surface area contributed by atoms with E-state index < -0.39 is 0 Å². The summed E-state index contributed by atoms with van der Waals surface area (Å²) in [5.74, 6) is 1.55. The molecule has 4 rings (SSSR count). The molecular weight excluding hydrogens is 362 g/mol. The third kappa shape index (κ3) is 4.93. The predicted octanol–water partition coefficient (Wildman–Crippen LogP) is 3.93. The Labute approximate surface area is 172 Å². The van der Waals surface area contributed by atoms with Crippen molar-refractivity contribution in [2.24, 2.45) is 0 Å². The monoisotopic (exact) mass is 389 g/mol. The number of aromatic nitrogens is 1. The molecule has 0 saturated carbocycles. The maximum Gasteiger partial charge on any atom is 0.223 e. The zero-order valence-corrected chi connectivity index (χ0v) is 16.9. The van der Waals surface area contributed by atoms with Crippen molar-refractivity contribution in [3.63, 3.8) is 0 Å². The van der Waals surface area contributed by atoms with Crippen molar-refractivity contribution in [3.05, 3.63) is 77.8 Å². The van der Waals surface area contributed by atoms with Gasteiger partial charge in [-0.05, 0) is 18.1 Å². The topological polar surface area (TPSA) is 49.6 Å². The van der Waals surface area contributed by atoms with Gasteiger partial charge in [0, 0.05) is 51.1 Å². The molecule has 0 aliphatic carbocycles. The van der Waals surface area contributed by atoms with E-state index in [1.807, 2.05) is 35.2 Å². The summed E-state index contributed by atoms with van der Waals surface area (Å²) in [7, 11) is 0. The molecule has 29 heavy (non-hydrogen) atoms. The fourth-order valence-corrected chi connectivity index (χ4v) is 3.72. The molecule has 2 heterocycles. The Morgan fingerprint density at radius 3 is 2.48 bits per heavy atom. The molecule has 0 spiro atoms. The van der Waals surface area contributed by atoms with Crippen molar-refractivity contribution >= 4 is 5.91 Å². The Balaban J connectivity index is 1.24. The lowest BCUT2D eigenvalue weighted by Crippen LogP contribution is -2.48. The van der Waals surface area contributed by atoms with E-state index in [2.05, 4.69) is 41.1 Å². The first kappa shape index (κ1) is 19.4. The van der Waals surface area contributed by atoms with Crippen LogP contribution in [0, 0.1) is 6.92 Å². The molecule has 0 unspecified atom stereocenters. The number of piperazine rings is 1. The first-order valence-electron chi connectivity index (χ1n) is 10.2. The summed E-state index contributed by atoms with van der Waals surface area (Å²) in [4.78, 5) is 21.3. The fraction of sp³-hybridized carbons (Fsp3) is 0.333. The molecule has 1 aromatic heterocycles. The van der Waals surface area contributed by atoms with E-state index >= 15 is 0 Å². The Morgan fingerprint density at radius 1 is 1.00 bits per heavy atom. The van der Waals surface area contributed by atoms with Crippen LogP contribution in [0.5, 0.6) is 0 Å². The molecule has 1 aliphatic heterocycles. The maximum absolute atomic E-state index is 12.6. The summed E-state index contributed by atoms with van der Waals surface area (Å²) in [5.41, 5.74) is 3.69. The normalized spacial score (nSPS) is 14.9. The van der Waals surface area contributed by atoms with E-state index in [4.69, 9.17) is 4.42 Å².